The van der Waals surface area contributed by atoms with Crippen molar-refractivity contribution in [1.82, 2.24) is 9.80 Å². The summed E-state index contributed by atoms with van der Waals surface area (Å²) >= 11 is 0. The smallest absolute Gasteiger partial charge is 0.129 e. The van der Waals surface area contributed by atoms with E-state index < -0.39 is 0 Å². The highest BCUT2D eigenvalue weighted by molar-refractivity contribution is 5.60. The lowest BCUT2D eigenvalue weighted by Gasteiger charge is -2.43. The van der Waals surface area contributed by atoms with Gasteiger partial charge in [0.05, 0.1) is 12.0 Å². The Hall–Kier alpha value is -0.450. The Balaban J connectivity index is 1.85. The number of aldehydes is 1. The fourth-order valence-electron chi connectivity index (χ4n) is 2.90. The maximum Gasteiger partial charge on any atom is 0.129 e. The molecule has 2 aliphatic rings. The van der Waals surface area contributed by atoms with E-state index in [4.69, 9.17) is 4.74 Å². The largest absolute Gasteiger partial charge is 0.380 e. The van der Waals surface area contributed by atoms with E-state index >= 15 is 0 Å². The molecule has 4 nitrogen and oxygen atoms in total. The van der Waals surface area contributed by atoms with E-state index in [1.807, 2.05) is 0 Å². The molecule has 2 rings (SSSR count). The SMILES string of the molecule is CC(C)(C)N1CCN(CC2(C=O)CCOC2)CC1. The van der Waals surface area contributed by atoms with E-state index in [1.54, 1.807) is 0 Å². The van der Waals surface area contributed by atoms with Gasteiger partial charge in [-0.15, -0.1) is 0 Å². The molecule has 2 saturated heterocycles. The van der Waals surface area contributed by atoms with Crippen molar-refractivity contribution in [3.63, 3.8) is 0 Å². The van der Waals surface area contributed by atoms with Gasteiger partial charge in [0.1, 0.15) is 6.29 Å². The van der Waals surface area contributed by atoms with Gasteiger partial charge in [-0.1, -0.05) is 0 Å². The topological polar surface area (TPSA) is 32.8 Å². The van der Waals surface area contributed by atoms with Crippen molar-refractivity contribution in [1.29, 1.82) is 0 Å². The average molecular weight is 254 g/mol. The van der Waals surface area contributed by atoms with E-state index in [2.05, 4.69) is 30.6 Å². The van der Waals surface area contributed by atoms with Crippen LogP contribution in [-0.2, 0) is 9.53 Å². The minimum absolute atomic E-state index is 0.232. The first-order chi connectivity index (χ1) is 8.45. The van der Waals surface area contributed by atoms with Crippen molar-refractivity contribution in [2.45, 2.75) is 32.7 Å². The molecule has 0 aromatic rings. The third-order valence-electron chi connectivity index (χ3n) is 4.24. The van der Waals surface area contributed by atoms with Gasteiger partial charge in [0.15, 0.2) is 0 Å². The highest BCUT2D eigenvalue weighted by atomic mass is 16.5. The summed E-state index contributed by atoms with van der Waals surface area (Å²) in [5, 5.41) is 0. The van der Waals surface area contributed by atoms with Crippen molar-refractivity contribution in [3.8, 4) is 0 Å². The van der Waals surface area contributed by atoms with Gasteiger partial charge in [-0.3, -0.25) is 9.80 Å². The van der Waals surface area contributed by atoms with E-state index in [1.165, 1.54) is 0 Å². The number of hydrogen-bond acceptors (Lipinski definition) is 4. The molecule has 0 amide bonds. The molecule has 0 aliphatic carbocycles. The first-order valence-electron chi connectivity index (χ1n) is 6.97. The van der Waals surface area contributed by atoms with E-state index in [0.717, 1.165) is 52.0 Å². The van der Waals surface area contributed by atoms with Crippen LogP contribution in [0.25, 0.3) is 0 Å². The Bertz CT molecular complexity index is 285. The van der Waals surface area contributed by atoms with Gasteiger partial charge in [-0.05, 0) is 27.2 Å². The summed E-state index contributed by atoms with van der Waals surface area (Å²) in [5.41, 5.74) is 0.0226. The van der Waals surface area contributed by atoms with Crippen LogP contribution in [0.3, 0.4) is 0 Å². The Morgan fingerprint density at radius 1 is 1.22 bits per heavy atom. The van der Waals surface area contributed by atoms with Crippen molar-refractivity contribution in [2.24, 2.45) is 5.41 Å². The molecular weight excluding hydrogens is 228 g/mol. The van der Waals surface area contributed by atoms with Crippen LogP contribution in [0.15, 0.2) is 0 Å². The van der Waals surface area contributed by atoms with Gasteiger partial charge in [-0.25, -0.2) is 0 Å². The number of carbonyl (C=O) groups excluding carboxylic acids is 1. The van der Waals surface area contributed by atoms with E-state index in [9.17, 15) is 4.79 Å². The quantitative estimate of drug-likeness (QED) is 0.704. The summed E-state index contributed by atoms with van der Waals surface area (Å²) in [6.45, 7) is 13.3. The Labute approximate surface area is 110 Å². The van der Waals surface area contributed by atoms with Crippen LogP contribution in [-0.4, -0.2) is 67.6 Å². The number of rotatable bonds is 3. The molecule has 0 N–H and O–H groups in total. The molecule has 2 aliphatic heterocycles. The van der Waals surface area contributed by atoms with Crippen molar-refractivity contribution >= 4 is 6.29 Å². The average Bonchev–Trinajstić information content (AvgIpc) is 2.78. The maximum absolute atomic E-state index is 11.3. The van der Waals surface area contributed by atoms with Crippen LogP contribution in [0.5, 0.6) is 0 Å². The van der Waals surface area contributed by atoms with Gasteiger partial charge in [0.2, 0.25) is 0 Å². The summed E-state index contributed by atoms with van der Waals surface area (Å²) in [7, 11) is 0. The zero-order valence-corrected chi connectivity index (χ0v) is 11.9. The molecule has 0 bridgehead atoms. The van der Waals surface area contributed by atoms with Crippen LogP contribution < -0.4 is 0 Å². The highest BCUT2D eigenvalue weighted by Crippen LogP contribution is 2.28. The molecule has 0 saturated carbocycles. The minimum Gasteiger partial charge on any atom is -0.380 e. The van der Waals surface area contributed by atoms with Crippen LogP contribution in [0.4, 0.5) is 0 Å². The molecule has 2 fully saturated rings. The minimum atomic E-state index is -0.232. The summed E-state index contributed by atoms with van der Waals surface area (Å²) in [6.07, 6.45) is 2.01. The zero-order chi connectivity index (χ0) is 13.2. The lowest BCUT2D eigenvalue weighted by Crippen LogP contribution is -2.55. The molecule has 4 heteroatoms. The third-order valence-corrected chi connectivity index (χ3v) is 4.24. The molecule has 18 heavy (non-hydrogen) atoms. The third kappa shape index (κ3) is 3.11. The van der Waals surface area contributed by atoms with E-state index in [-0.39, 0.29) is 11.0 Å². The summed E-state index contributed by atoms with van der Waals surface area (Å²) in [5.74, 6) is 0. The van der Waals surface area contributed by atoms with Crippen LogP contribution >= 0.6 is 0 Å². The molecule has 1 unspecified atom stereocenters. The second-order valence-corrected chi connectivity index (χ2v) is 6.72. The predicted molar refractivity (Wildman–Crippen MR) is 71.7 cm³/mol. The van der Waals surface area contributed by atoms with E-state index in [0.29, 0.717) is 6.61 Å². The first-order valence-corrected chi connectivity index (χ1v) is 6.97. The number of hydrogen-bond donors (Lipinski definition) is 0. The van der Waals surface area contributed by atoms with Gasteiger partial charge in [0, 0.05) is 44.9 Å². The normalized spacial score (nSPS) is 31.7. The van der Waals surface area contributed by atoms with Gasteiger partial charge in [-0.2, -0.15) is 0 Å². The molecular formula is C14H26N2O2. The second-order valence-electron chi connectivity index (χ2n) is 6.72. The molecule has 104 valence electrons. The molecule has 0 aromatic heterocycles. The summed E-state index contributed by atoms with van der Waals surface area (Å²) < 4.78 is 5.40. The lowest BCUT2D eigenvalue weighted by molar-refractivity contribution is -0.117. The highest BCUT2D eigenvalue weighted by Gasteiger charge is 2.37. The Morgan fingerprint density at radius 2 is 1.89 bits per heavy atom. The first kappa shape index (κ1) is 14.0. The lowest BCUT2D eigenvalue weighted by atomic mass is 9.88. The Morgan fingerprint density at radius 3 is 2.33 bits per heavy atom. The standard InChI is InChI=1S/C14H26N2O2/c1-13(2,3)16-7-5-15(6-8-16)10-14(11-17)4-9-18-12-14/h11H,4-10,12H2,1-3H3. The van der Waals surface area contributed by atoms with Gasteiger partial charge in [0.25, 0.3) is 0 Å². The molecule has 0 aromatic carbocycles. The van der Waals surface area contributed by atoms with Gasteiger partial charge >= 0.3 is 0 Å². The van der Waals surface area contributed by atoms with Crippen molar-refractivity contribution in [3.05, 3.63) is 0 Å². The van der Waals surface area contributed by atoms with Crippen LogP contribution in [0.2, 0.25) is 0 Å². The van der Waals surface area contributed by atoms with Crippen molar-refractivity contribution in [2.75, 3.05) is 45.9 Å². The summed E-state index contributed by atoms with van der Waals surface area (Å²) in [6, 6.07) is 0. The predicted octanol–water partition coefficient (Wildman–Crippen LogP) is 1.01. The maximum atomic E-state index is 11.3. The number of piperazine rings is 1. The number of nitrogens with zero attached hydrogens (tertiary/aromatic N) is 2. The fourth-order valence-corrected chi connectivity index (χ4v) is 2.90. The number of carbonyl (C=O) groups is 1. The van der Waals surface area contributed by atoms with Crippen LogP contribution in [0.1, 0.15) is 27.2 Å². The monoisotopic (exact) mass is 254 g/mol. The second kappa shape index (κ2) is 5.27. The van der Waals surface area contributed by atoms with Crippen LogP contribution in [0, 0.1) is 5.41 Å². The number of ether oxygens (including phenoxy) is 1. The van der Waals surface area contributed by atoms with Crippen molar-refractivity contribution < 1.29 is 9.53 Å². The van der Waals surface area contributed by atoms with Gasteiger partial charge < -0.3 is 9.53 Å². The zero-order valence-electron chi connectivity index (χ0n) is 11.9. The molecule has 0 spiro atoms. The Kier molecular flexibility index (Phi) is 4.09. The molecule has 1 atom stereocenters. The summed E-state index contributed by atoms with van der Waals surface area (Å²) in [4.78, 5) is 16.2. The molecule has 0 radical (unpaired) electrons. The molecule has 2 heterocycles. The fraction of sp³-hybridized carbons (Fsp3) is 0.929.